The highest BCUT2D eigenvalue weighted by molar-refractivity contribution is 6.00. The van der Waals surface area contributed by atoms with Gasteiger partial charge in [0.1, 0.15) is 0 Å². The van der Waals surface area contributed by atoms with Gasteiger partial charge in [0.05, 0.1) is 5.56 Å². The van der Waals surface area contributed by atoms with Crippen LogP contribution in [0.5, 0.6) is 0 Å². The number of anilines is 1. The fourth-order valence-corrected chi connectivity index (χ4v) is 3.90. The summed E-state index contributed by atoms with van der Waals surface area (Å²) < 4.78 is 0. The normalized spacial score (nSPS) is 17.0. The molecule has 152 valence electrons. The second kappa shape index (κ2) is 9.12. The minimum Gasteiger partial charge on any atom is -0.371 e. The summed E-state index contributed by atoms with van der Waals surface area (Å²) in [5.41, 5.74) is 2.95. The number of aryl methyl sites for hydroxylation is 1. The van der Waals surface area contributed by atoms with Gasteiger partial charge < -0.3 is 15.5 Å². The van der Waals surface area contributed by atoms with Crippen molar-refractivity contribution < 1.29 is 9.59 Å². The van der Waals surface area contributed by atoms with Gasteiger partial charge in [-0.1, -0.05) is 42.5 Å². The predicted octanol–water partition coefficient (Wildman–Crippen LogP) is 3.30. The van der Waals surface area contributed by atoms with Crippen molar-refractivity contribution in [2.24, 2.45) is 0 Å². The molecule has 2 fully saturated rings. The Bertz CT molecular complexity index is 840. The molecule has 1 aliphatic carbocycles. The number of hydrogen-bond donors (Lipinski definition) is 2. The summed E-state index contributed by atoms with van der Waals surface area (Å²) in [5.74, 6) is 0.149. The minimum atomic E-state index is 0.0273. The lowest BCUT2D eigenvalue weighted by Crippen LogP contribution is -2.45. The van der Waals surface area contributed by atoms with Crippen LogP contribution in [0.3, 0.4) is 0 Å². The Hall–Kier alpha value is -2.82. The number of piperidine rings is 1. The van der Waals surface area contributed by atoms with E-state index in [1.165, 1.54) is 5.56 Å². The van der Waals surface area contributed by atoms with Crippen LogP contribution >= 0.6 is 0 Å². The molecule has 5 heteroatoms. The average molecular weight is 392 g/mol. The summed E-state index contributed by atoms with van der Waals surface area (Å²) in [5, 5.41) is 6.28. The van der Waals surface area contributed by atoms with Crippen LogP contribution in [0.15, 0.2) is 54.6 Å². The number of carbonyl (C=O) groups is 2. The molecule has 0 aromatic heterocycles. The third kappa shape index (κ3) is 5.37. The first-order valence-electron chi connectivity index (χ1n) is 10.7. The number of nitrogens with zero attached hydrogens (tertiary/aromatic N) is 1. The molecule has 0 spiro atoms. The molecule has 0 bridgehead atoms. The molecule has 2 aliphatic rings. The SMILES string of the molecule is O=C(CCc1ccccc1)NC1CCN(c2ccccc2C(=O)NC2CC2)CC1. The standard InChI is InChI=1S/C24H29N3O2/c28-23(13-10-18-6-2-1-3-7-18)25-20-14-16-27(17-15-20)22-9-5-4-8-21(22)24(29)26-19-11-12-19/h1-9,19-20H,10-17H2,(H,25,28)(H,26,29). The topological polar surface area (TPSA) is 61.4 Å². The van der Waals surface area contributed by atoms with Crippen LogP contribution in [0, 0.1) is 0 Å². The average Bonchev–Trinajstić information content (AvgIpc) is 3.57. The van der Waals surface area contributed by atoms with Crippen LogP contribution in [-0.4, -0.2) is 37.0 Å². The van der Waals surface area contributed by atoms with Gasteiger partial charge in [-0.05, 0) is 49.8 Å². The zero-order valence-electron chi connectivity index (χ0n) is 16.8. The van der Waals surface area contributed by atoms with E-state index in [1.807, 2.05) is 42.5 Å². The van der Waals surface area contributed by atoms with Crippen LogP contribution in [0.4, 0.5) is 5.69 Å². The Labute approximate surface area is 172 Å². The monoisotopic (exact) mass is 391 g/mol. The zero-order valence-corrected chi connectivity index (χ0v) is 16.8. The highest BCUT2D eigenvalue weighted by Gasteiger charge is 2.27. The Morgan fingerprint density at radius 2 is 1.48 bits per heavy atom. The third-order valence-corrected chi connectivity index (χ3v) is 5.75. The number of para-hydroxylation sites is 1. The number of benzene rings is 2. The lowest BCUT2D eigenvalue weighted by atomic mass is 10.0. The van der Waals surface area contributed by atoms with Crippen molar-refractivity contribution in [2.75, 3.05) is 18.0 Å². The van der Waals surface area contributed by atoms with Crippen molar-refractivity contribution in [1.29, 1.82) is 0 Å². The predicted molar refractivity (Wildman–Crippen MR) is 115 cm³/mol. The van der Waals surface area contributed by atoms with E-state index in [9.17, 15) is 9.59 Å². The van der Waals surface area contributed by atoms with Crippen LogP contribution in [0.25, 0.3) is 0 Å². The Morgan fingerprint density at radius 1 is 0.828 bits per heavy atom. The molecule has 4 rings (SSSR count). The molecule has 1 aliphatic heterocycles. The first-order valence-corrected chi connectivity index (χ1v) is 10.7. The Balaban J connectivity index is 1.27. The van der Waals surface area contributed by atoms with Crippen molar-refractivity contribution in [3.05, 3.63) is 65.7 Å². The number of nitrogens with one attached hydrogen (secondary N) is 2. The summed E-state index contributed by atoms with van der Waals surface area (Å²) in [6.07, 6.45) is 5.27. The maximum absolute atomic E-state index is 12.6. The van der Waals surface area contributed by atoms with Gasteiger partial charge in [0, 0.05) is 37.3 Å². The van der Waals surface area contributed by atoms with Crippen LogP contribution < -0.4 is 15.5 Å². The van der Waals surface area contributed by atoms with Crippen molar-refractivity contribution in [3.63, 3.8) is 0 Å². The molecule has 5 nitrogen and oxygen atoms in total. The zero-order chi connectivity index (χ0) is 20.1. The second-order valence-electron chi connectivity index (χ2n) is 8.08. The molecule has 29 heavy (non-hydrogen) atoms. The number of carbonyl (C=O) groups excluding carboxylic acids is 2. The molecular weight excluding hydrogens is 362 g/mol. The molecule has 2 amide bonds. The largest absolute Gasteiger partial charge is 0.371 e. The van der Waals surface area contributed by atoms with Crippen LogP contribution in [0.2, 0.25) is 0 Å². The Morgan fingerprint density at radius 3 is 2.21 bits per heavy atom. The maximum Gasteiger partial charge on any atom is 0.253 e. The third-order valence-electron chi connectivity index (χ3n) is 5.75. The van der Waals surface area contributed by atoms with Crippen molar-refractivity contribution >= 4 is 17.5 Å². The van der Waals surface area contributed by atoms with E-state index in [0.717, 1.165) is 56.4 Å². The van der Waals surface area contributed by atoms with E-state index in [4.69, 9.17) is 0 Å². The molecule has 1 saturated carbocycles. The summed E-state index contributed by atoms with van der Waals surface area (Å²) in [6.45, 7) is 1.69. The van der Waals surface area contributed by atoms with E-state index in [-0.39, 0.29) is 17.9 Å². The minimum absolute atomic E-state index is 0.0273. The van der Waals surface area contributed by atoms with E-state index in [1.54, 1.807) is 0 Å². The van der Waals surface area contributed by atoms with Gasteiger partial charge in [0.25, 0.3) is 5.91 Å². The van der Waals surface area contributed by atoms with Crippen LogP contribution in [-0.2, 0) is 11.2 Å². The maximum atomic E-state index is 12.6. The molecular formula is C24H29N3O2. The van der Waals surface area contributed by atoms with Crippen molar-refractivity contribution in [2.45, 2.75) is 50.6 Å². The van der Waals surface area contributed by atoms with Gasteiger partial charge in [0.2, 0.25) is 5.91 Å². The molecule has 0 atom stereocenters. The highest BCUT2D eigenvalue weighted by Crippen LogP contribution is 2.26. The Kier molecular flexibility index (Phi) is 6.13. The molecule has 0 radical (unpaired) electrons. The summed E-state index contributed by atoms with van der Waals surface area (Å²) in [4.78, 5) is 27.1. The molecule has 0 unspecified atom stereocenters. The first-order chi connectivity index (χ1) is 14.2. The highest BCUT2D eigenvalue weighted by atomic mass is 16.2. The van der Waals surface area contributed by atoms with Crippen molar-refractivity contribution in [3.8, 4) is 0 Å². The molecule has 1 heterocycles. The van der Waals surface area contributed by atoms with Gasteiger partial charge in [-0.2, -0.15) is 0 Å². The fraction of sp³-hybridized carbons (Fsp3) is 0.417. The lowest BCUT2D eigenvalue weighted by Gasteiger charge is -2.35. The van der Waals surface area contributed by atoms with Gasteiger partial charge in [-0.15, -0.1) is 0 Å². The molecule has 1 saturated heterocycles. The number of hydrogen-bond acceptors (Lipinski definition) is 3. The van der Waals surface area contributed by atoms with E-state index >= 15 is 0 Å². The molecule has 2 aromatic rings. The van der Waals surface area contributed by atoms with Gasteiger partial charge in [0.15, 0.2) is 0 Å². The molecule has 2 N–H and O–H groups in total. The summed E-state index contributed by atoms with van der Waals surface area (Å²) in [7, 11) is 0. The first kappa shape index (κ1) is 19.5. The van der Waals surface area contributed by atoms with Crippen LogP contribution in [0.1, 0.15) is 48.0 Å². The smallest absolute Gasteiger partial charge is 0.253 e. The van der Waals surface area contributed by atoms with E-state index < -0.39 is 0 Å². The van der Waals surface area contributed by atoms with E-state index in [2.05, 4.69) is 27.7 Å². The van der Waals surface area contributed by atoms with Gasteiger partial charge >= 0.3 is 0 Å². The summed E-state index contributed by atoms with van der Waals surface area (Å²) in [6, 6.07) is 18.5. The number of rotatable bonds is 7. The van der Waals surface area contributed by atoms with Crippen molar-refractivity contribution in [1.82, 2.24) is 10.6 Å². The molecule has 2 aromatic carbocycles. The summed E-state index contributed by atoms with van der Waals surface area (Å²) >= 11 is 0. The number of amides is 2. The fourth-order valence-electron chi connectivity index (χ4n) is 3.90. The van der Waals surface area contributed by atoms with Gasteiger partial charge in [-0.25, -0.2) is 0 Å². The van der Waals surface area contributed by atoms with E-state index in [0.29, 0.717) is 12.5 Å². The quantitative estimate of drug-likeness (QED) is 0.761. The lowest BCUT2D eigenvalue weighted by molar-refractivity contribution is -0.121. The second-order valence-corrected chi connectivity index (χ2v) is 8.08. The van der Waals surface area contributed by atoms with Gasteiger partial charge in [-0.3, -0.25) is 9.59 Å².